The van der Waals surface area contributed by atoms with Crippen LogP contribution in [0.5, 0.6) is 0 Å². The van der Waals surface area contributed by atoms with Crippen LogP contribution in [0.15, 0.2) is 12.2 Å². The van der Waals surface area contributed by atoms with Gasteiger partial charge in [-0.3, -0.25) is 0 Å². The summed E-state index contributed by atoms with van der Waals surface area (Å²) in [6.07, 6.45) is 6.23. The number of hydrogen-bond donors (Lipinski definition) is 0. The lowest BCUT2D eigenvalue weighted by atomic mass is 10.5. The van der Waals surface area contributed by atoms with Crippen molar-refractivity contribution in [3.05, 3.63) is 12.2 Å². The van der Waals surface area contributed by atoms with Gasteiger partial charge in [-0.1, -0.05) is 47.0 Å². The molecule has 0 N–H and O–H groups in total. The normalized spacial score (nSPS) is 11.6. The van der Waals surface area contributed by atoms with Gasteiger partial charge in [-0.25, -0.2) is 9.59 Å². The Bertz CT molecular complexity index is 322. The Labute approximate surface area is 130 Å². The van der Waals surface area contributed by atoms with Crippen LogP contribution in [-0.2, 0) is 18.8 Å². The molecule has 0 saturated heterocycles. The topological polar surface area (TPSA) is 52.6 Å². The maximum absolute atomic E-state index is 12.0. The molecule has 0 amide bonds. The highest BCUT2D eigenvalue weighted by molar-refractivity contribution is 6.75. The van der Waals surface area contributed by atoms with Gasteiger partial charge in [0.15, 0.2) is 0 Å². The second-order valence-electron chi connectivity index (χ2n) is 5.35. The van der Waals surface area contributed by atoms with E-state index in [2.05, 4.69) is 20.8 Å². The van der Waals surface area contributed by atoms with Crippen LogP contribution in [0.2, 0.25) is 18.1 Å². The van der Waals surface area contributed by atoms with E-state index in [0.717, 1.165) is 43.8 Å². The van der Waals surface area contributed by atoms with Crippen LogP contribution in [0.1, 0.15) is 53.4 Å². The zero-order valence-corrected chi connectivity index (χ0v) is 14.9. The molecular weight excluding hydrogens is 284 g/mol. The summed E-state index contributed by atoms with van der Waals surface area (Å²) in [7, 11) is -2.01. The molecule has 0 radical (unpaired) electrons. The molecule has 0 rings (SSSR count). The first kappa shape index (κ1) is 19.9. The first-order valence-electron chi connectivity index (χ1n) is 8.11. The van der Waals surface area contributed by atoms with E-state index in [1.807, 2.05) is 6.92 Å². The van der Waals surface area contributed by atoms with E-state index >= 15 is 0 Å². The average molecular weight is 314 g/mol. The summed E-state index contributed by atoms with van der Waals surface area (Å²) in [4.78, 5) is 23.3. The van der Waals surface area contributed by atoms with Crippen molar-refractivity contribution in [1.29, 1.82) is 0 Å². The summed E-state index contributed by atoms with van der Waals surface area (Å²) in [5.74, 6) is -0.881. The van der Waals surface area contributed by atoms with Crippen molar-refractivity contribution in [1.82, 2.24) is 0 Å². The zero-order chi connectivity index (χ0) is 16.1. The lowest BCUT2D eigenvalue weighted by molar-refractivity contribution is -0.138. The fourth-order valence-corrected chi connectivity index (χ4v) is 6.81. The molecular formula is C16H30O4Si. The van der Waals surface area contributed by atoms with Gasteiger partial charge in [0.05, 0.1) is 6.61 Å². The van der Waals surface area contributed by atoms with E-state index in [9.17, 15) is 9.59 Å². The predicted molar refractivity (Wildman–Crippen MR) is 87.5 cm³/mol. The number of rotatable bonds is 11. The smallest absolute Gasteiger partial charge is 0.331 e. The van der Waals surface area contributed by atoms with Crippen molar-refractivity contribution in [3.63, 3.8) is 0 Å². The Morgan fingerprint density at radius 1 is 0.810 bits per heavy atom. The molecule has 0 spiro atoms. The summed E-state index contributed by atoms with van der Waals surface area (Å²) in [6, 6.07) is 2.98. The number of hydrogen-bond acceptors (Lipinski definition) is 4. The van der Waals surface area contributed by atoms with E-state index < -0.39 is 20.3 Å². The molecule has 0 aromatic heterocycles. The van der Waals surface area contributed by atoms with Crippen LogP contribution in [-0.4, -0.2) is 26.9 Å². The number of esters is 1. The summed E-state index contributed by atoms with van der Waals surface area (Å²) in [6.45, 7) is 8.67. The lowest BCUT2D eigenvalue weighted by Crippen LogP contribution is -2.39. The molecule has 122 valence electrons. The van der Waals surface area contributed by atoms with E-state index in [1.165, 1.54) is 12.2 Å². The minimum atomic E-state index is -2.01. The Balaban J connectivity index is 4.64. The van der Waals surface area contributed by atoms with Crippen molar-refractivity contribution in [2.75, 3.05) is 6.61 Å². The third-order valence-corrected chi connectivity index (χ3v) is 8.11. The van der Waals surface area contributed by atoms with Gasteiger partial charge in [-0.2, -0.15) is 0 Å². The second kappa shape index (κ2) is 11.5. The van der Waals surface area contributed by atoms with Crippen LogP contribution >= 0.6 is 0 Å². The van der Waals surface area contributed by atoms with Gasteiger partial charge in [-0.05, 0) is 24.6 Å². The monoisotopic (exact) mass is 314 g/mol. The van der Waals surface area contributed by atoms with Gasteiger partial charge in [0.2, 0.25) is 0 Å². The lowest BCUT2D eigenvalue weighted by Gasteiger charge is -2.29. The van der Waals surface area contributed by atoms with Gasteiger partial charge in [-0.15, -0.1) is 0 Å². The van der Waals surface area contributed by atoms with Gasteiger partial charge in [0.1, 0.15) is 0 Å². The Hall–Kier alpha value is -1.10. The molecule has 0 saturated carbocycles. The number of carbonyl (C=O) groups excluding carboxylic acids is 2. The van der Waals surface area contributed by atoms with Gasteiger partial charge < -0.3 is 9.16 Å². The van der Waals surface area contributed by atoms with Crippen molar-refractivity contribution >= 4 is 20.3 Å². The zero-order valence-electron chi connectivity index (χ0n) is 13.9. The highest BCUT2D eigenvalue weighted by atomic mass is 28.4. The highest BCUT2D eigenvalue weighted by Crippen LogP contribution is 2.27. The fraction of sp³-hybridized carbons (Fsp3) is 0.750. The van der Waals surface area contributed by atoms with Crippen molar-refractivity contribution in [3.8, 4) is 0 Å². The molecule has 0 aromatic rings. The first-order valence-corrected chi connectivity index (χ1v) is 10.6. The summed E-state index contributed by atoms with van der Waals surface area (Å²) < 4.78 is 10.7. The largest absolute Gasteiger partial charge is 0.516 e. The molecule has 0 atom stereocenters. The minimum Gasteiger partial charge on any atom is -0.516 e. The predicted octanol–water partition coefficient (Wildman–Crippen LogP) is 4.21. The molecule has 4 nitrogen and oxygen atoms in total. The minimum absolute atomic E-state index is 0.373. The van der Waals surface area contributed by atoms with Gasteiger partial charge in [0, 0.05) is 12.2 Å². The Morgan fingerprint density at radius 3 is 1.71 bits per heavy atom. The first-order chi connectivity index (χ1) is 10.0. The van der Waals surface area contributed by atoms with E-state index in [4.69, 9.17) is 9.16 Å². The van der Waals surface area contributed by atoms with Crippen molar-refractivity contribution < 1.29 is 18.8 Å². The van der Waals surface area contributed by atoms with E-state index in [0.29, 0.717) is 6.61 Å². The molecule has 0 aliphatic carbocycles. The van der Waals surface area contributed by atoms with Crippen LogP contribution in [0.25, 0.3) is 0 Å². The molecule has 0 aliphatic rings. The summed E-state index contributed by atoms with van der Waals surface area (Å²) in [5.41, 5.74) is 0. The quantitative estimate of drug-likeness (QED) is 0.325. The van der Waals surface area contributed by atoms with Crippen LogP contribution in [0.4, 0.5) is 0 Å². The Kier molecular flexibility index (Phi) is 10.9. The maximum Gasteiger partial charge on any atom is 0.331 e. The molecule has 0 aromatic carbocycles. The summed E-state index contributed by atoms with van der Waals surface area (Å²) in [5, 5.41) is 0. The highest BCUT2D eigenvalue weighted by Gasteiger charge is 2.35. The SMILES string of the molecule is CCCOC(=O)/C=C\C(=O)O[Si](CCC)(CCC)CCC. The van der Waals surface area contributed by atoms with Crippen LogP contribution in [0.3, 0.4) is 0 Å². The molecule has 21 heavy (non-hydrogen) atoms. The van der Waals surface area contributed by atoms with Gasteiger partial charge in [0.25, 0.3) is 8.32 Å². The third kappa shape index (κ3) is 8.70. The van der Waals surface area contributed by atoms with Crippen molar-refractivity contribution in [2.24, 2.45) is 0 Å². The molecule has 5 heteroatoms. The van der Waals surface area contributed by atoms with E-state index in [1.54, 1.807) is 0 Å². The maximum atomic E-state index is 12.0. The average Bonchev–Trinajstić information content (AvgIpc) is 2.43. The van der Waals surface area contributed by atoms with Crippen LogP contribution < -0.4 is 0 Å². The number of ether oxygens (including phenoxy) is 1. The number of carbonyl (C=O) groups is 2. The third-order valence-electron chi connectivity index (χ3n) is 3.24. The molecule has 0 bridgehead atoms. The fourth-order valence-electron chi connectivity index (χ4n) is 2.53. The second-order valence-corrected chi connectivity index (χ2v) is 9.43. The molecule has 0 aliphatic heterocycles. The molecule has 0 unspecified atom stereocenters. The van der Waals surface area contributed by atoms with Crippen molar-refractivity contribution in [2.45, 2.75) is 71.5 Å². The van der Waals surface area contributed by atoms with Crippen LogP contribution in [0, 0.1) is 0 Å². The summed E-state index contributed by atoms with van der Waals surface area (Å²) >= 11 is 0. The van der Waals surface area contributed by atoms with E-state index in [-0.39, 0.29) is 0 Å². The Morgan fingerprint density at radius 2 is 1.29 bits per heavy atom. The molecule has 0 fully saturated rings. The van der Waals surface area contributed by atoms with Gasteiger partial charge >= 0.3 is 11.9 Å². The molecule has 0 heterocycles. The standard InChI is InChI=1S/C16H30O4Si/c1-5-11-19-15(17)9-10-16(18)20-21(12-6-2,13-7-3)14-8-4/h9-10H,5-8,11-14H2,1-4H3/b10-9-.